The molecule has 3 aromatic carbocycles. The summed E-state index contributed by atoms with van der Waals surface area (Å²) in [6.07, 6.45) is 0.904. The second-order valence-corrected chi connectivity index (χ2v) is 9.29. The SMILES string of the molecule is COc1cc2c(cc1OC)CN(Cc1cc3ccc(C)cc3n(CCOc3ccccc3)c1=O)CC2. The molecule has 1 aromatic heterocycles. The van der Waals surface area contributed by atoms with Crippen LogP contribution in [-0.2, 0) is 26.1 Å². The number of aromatic nitrogens is 1. The van der Waals surface area contributed by atoms with E-state index in [0.29, 0.717) is 19.7 Å². The van der Waals surface area contributed by atoms with Crippen LogP contribution >= 0.6 is 0 Å². The van der Waals surface area contributed by atoms with E-state index in [-0.39, 0.29) is 5.56 Å². The van der Waals surface area contributed by atoms with Crippen LogP contribution in [0.3, 0.4) is 0 Å². The molecule has 0 radical (unpaired) electrons. The number of fused-ring (bicyclic) bond motifs is 2. The van der Waals surface area contributed by atoms with Gasteiger partial charge in [0.1, 0.15) is 12.4 Å². The maximum atomic E-state index is 13.7. The van der Waals surface area contributed by atoms with Gasteiger partial charge in [0.25, 0.3) is 5.56 Å². The fourth-order valence-corrected chi connectivity index (χ4v) is 4.97. The van der Waals surface area contributed by atoms with Crippen LogP contribution in [0.15, 0.2) is 71.5 Å². The molecule has 186 valence electrons. The summed E-state index contributed by atoms with van der Waals surface area (Å²) >= 11 is 0. The first-order valence-corrected chi connectivity index (χ1v) is 12.3. The van der Waals surface area contributed by atoms with Gasteiger partial charge in [0.15, 0.2) is 11.5 Å². The fraction of sp³-hybridized carbons (Fsp3) is 0.300. The van der Waals surface area contributed by atoms with Crippen molar-refractivity contribution in [1.29, 1.82) is 0 Å². The standard InChI is InChI=1S/C30H32N2O4/c1-21-9-10-23-16-25(20-31-12-11-22-17-28(34-2)29(35-3)18-24(22)19-31)30(33)32(27(23)15-21)13-14-36-26-7-5-4-6-8-26/h4-10,15-18H,11-14,19-20H2,1-3H3. The van der Waals surface area contributed by atoms with E-state index in [2.05, 4.69) is 48.2 Å². The number of aryl methyl sites for hydroxylation is 1. The maximum Gasteiger partial charge on any atom is 0.255 e. The van der Waals surface area contributed by atoms with Crippen molar-refractivity contribution in [3.05, 3.63) is 99.3 Å². The molecule has 1 aliphatic heterocycles. The van der Waals surface area contributed by atoms with Gasteiger partial charge in [-0.3, -0.25) is 9.69 Å². The van der Waals surface area contributed by atoms with Crippen molar-refractivity contribution in [2.75, 3.05) is 27.4 Å². The Morgan fingerprint density at radius 1 is 0.889 bits per heavy atom. The molecule has 0 bridgehead atoms. The molecular weight excluding hydrogens is 452 g/mol. The van der Waals surface area contributed by atoms with Crippen molar-refractivity contribution in [3.8, 4) is 17.2 Å². The zero-order valence-corrected chi connectivity index (χ0v) is 21.1. The van der Waals surface area contributed by atoms with E-state index < -0.39 is 0 Å². The summed E-state index contributed by atoms with van der Waals surface area (Å²) in [5.74, 6) is 2.30. The molecule has 6 nitrogen and oxygen atoms in total. The number of hydrogen-bond donors (Lipinski definition) is 0. The molecule has 0 spiro atoms. The molecule has 0 atom stereocenters. The van der Waals surface area contributed by atoms with Crippen LogP contribution in [0.4, 0.5) is 0 Å². The van der Waals surface area contributed by atoms with Crippen molar-refractivity contribution in [2.45, 2.75) is 33.0 Å². The smallest absolute Gasteiger partial charge is 0.255 e. The van der Waals surface area contributed by atoms with Gasteiger partial charge in [-0.2, -0.15) is 0 Å². The van der Waals surface area contributed by atoms with E-state index in [1.165, 1.54) is 11.1 Å². The zero-order valence-electron chi connectivity index (χ0n) is 21.1. The highest BCUT2D eigenvalue weighted by atomic mass is 16.5. The summed E-state index contributed by atoms with van der Waals surface area (Å²) in [7, 11) is 3.32. The molecule has 0 unspecified atom stereocenters. The highest BCUT2D eigenvalue weighted by molar-refractivity contribution is 5.80. The number of para-hydroxylation sites is 1. The van der Waals surface area contributed by atoms with Gasteiger partial charge in [-0.1, -0.05) is 30.3 Å². The molecule has 0 aliphatic carbocycles. The molecule has 0 saturated carbocycles. The van der Waals surface area contributed by atoms with Gasteiger partial charge in [-0.05, 0) is 71.8 Å². The summed E-state index contributed by atoms with van der Waals surface area (Å²) in [4.78, 5) is 16.0. The first-order valence-electron chi connectivity index (χ1n) is 12.3. The average molecular weight is 485 g/mol. The van der Waals surface area contributed by atoms with Crippen LogP contribution in [0, 0.1) is 6.92 Å². The van der Waals surface area contributed by atoms with Crippen molar-refractivity contribution in [3.63, 3.8) is 0 Å². The summed E-state index contributed by atoms with van der Waals surface area (Å²) in [5, 5.41) is 1.07. The number of ether oxygens (including phenoxy) is 3. The molecule has 2 heterocycles. The van der Waals surface area contributed by atoms with E-state index in [1.54, 1.807) is 14.2 Å². The third-order valence-electron chi connectivity index (χ3n) is 6.84. The minimum Gasteiger partial charge on any atom is -0.493 e. The Hall–Kier alpha value is -3.77. The lowest BCUT2D eigenvalue weighted by atomic mass is 9.98. The number of rotatable bonds is 8. The van der Waals surface area contributed by atoms with Gasteiger partial charge in [0, 0.05) is 25.2 Å². The number of pyridine rings is 1. The molecule has 5 rings (SSSR count). The van der Waals surface area contributed by atoms with E-state index in [4.69, 9.17) is 14.2 Å². The lowest BCUT2D eigenvalue weighted by Gasteiger charge is -2.29. The van der Waals surface area contributed by atoms with Crippen molar-refractivity contribution in [2.24, 2.45) is 0 Å². The molecular formula is C30H32N2O4. The van der Waals surface area contributed by atoms with Gasteiger partial charge < -0.3 is 18.8 Å². The van der Waals surface area contributed by atoms with Gasteiger partial charge in [0.05, 0.1) is 26.3 Å². The van der Waals surface area contributed by atoms with Crippen molar-refractivity contribution >= 4 is 10.9 Å². The predicted octanol–water partition coefficient (Wildman–Crippen LogP) is 4.96. The van der Waals surface area contributed by atoms with E-state index in [9.17, 15) is 4.79 Å². The average Bonchev–Trinajstić information content (AvgIpc) is 2.90. The first-order chi connectivity index (χ1) is 17.6. The number of hydrogen-bond acceptors (Lipinski definition) is 5. The Morgan fingerprint density at radius 2 is 1.64 bits per heavy atom. The summed E-state index contributed by atoms with van der Waals surface area (Å²) in [5.41, 5.74) is 5.41. The monoisotopic (exact) mass is 484 g/mol. The molecule has 36 heavy (non-hydrogen) atoms. The Kier molecular flexibility index (Phi) is 6.96. The normalized spacial score (nSPS) is 13.4. The number of methoxy groups -OCH3 is 2. The lowest BCUT2D eigenvalue weighted by molar-refractivity contribution is 0.242. The molecule has 1 aliphatic rings. The zero-order chi connectivity index (χ0) is 25.1. The summed E-state index contributed by atoms with van der Waals surface area (Å²) < 4.78 is 18.8. The van der Waals surface area contributed by atoms with E-state index in [0.717, 1.165) is 58.8 Å². The Labute approximate surface area is 211 Å². The highest BCUT2D eigenvalue weighted by Gasteiger charge is 2.21. The van der Waals surface area contributed by atoms with Crippen LogP contribution in [0.1, 0.15) is 22.3 Å². The number of benzene rings is 3. The fourth-order valence-electron chi connectivity index (χ4n) is 4.97. The van der Waals surface area contributed by atoms with Gasteiger partial charge in [0.2, 0.25) is 0 Å². The Balaban J connectivity index is 1.41. The van der Waals surface area contributed by atoms with Crippen LogP contribution in [-0.4, -0.2) is 36.8 Å². The largest absolute Gasteiger partial charge is 0.493 e. The van der Waals surface area contributed by atoms with Crippen LogP contribution in [0.2, 0.25) is 0 Å². The van der Waals surface area contributed by atoms with Gasteiger partial charge >= 0.3 is 0 Å². The van der Waals surface area contributed by atoms with E-state index >= 15 is 0 Å². The highest BCUT2D eigenvalue weighted by Crippen LogP contribution is 2.33. The second-order valence-electron chi connectivity index (χ2n) is 9.29. The first kappa shape index (κ1) is 23.9. The van der Waals surface area contributed by atoms with E-state index in [1.807, 2.05) is 34.9 Å². The maximum absolute atomic E-state index is 13.7. The third-order valence-corrected chi connectivity index (χ3v) is 6.84. The molecule has 0 amide bonds. The molecule has 0 saturated heterocycles. The van der Waals surface area contributed by atoms with Gasteiger partial charge in [-0.15, -0.1) is 0 Å². The number of nitrogens with zero attached hydrogens (tertiary/aromatic N) is 2. The Bertz CT molecular complexity index is 1430. The summed E-state index contributed by atoms with van der Waals surface area (Å²) in [6, 6.07) is 22.2. The quantitative estimate of drug-likeness (QED) is 0.354. The van der Waals surface area contributed by atoms with Gasteiger partial charge in [-0.25, -0.2) is 0 Å². The molecule has 4 aromatic rings. The van der Waals surface area contributed by atoms with Crippen molar-refractivity contribution < 1.29 is 14.2 Å². The van der Waals surface area contributed by atoms with Crippen LogP contribution in [0.25, 0.3) is 10.9 Å². The van der Waals surface area contributed by atoms with Crippen molar-refractivity contribution in [1.82, 2.24) is 9.47 Å². The minimum absolute atomic E-state index is 0.0443. The van der Waals surface area contributed by atoms with Crippen LogP contribution in [0.5, 0.6) is 17.2 Å². The summed E-state index contributed by atoms with van der Waals surface area (Å²) in [6.45, 7) is 5.20. The lowest BCUT2D eigenvalue weighted by Crippen LogP contribution is -2.34. The predicted molar refractivity (Wildman–Crippen MR) is 142 cm³/mol. The minimum atomic E-state index is 0.0443. The molecule has 0 fully saturated rings. The third kappa shape index (κ3) is 4.95. The molecule has 0 N–H and O–H groups in total. The topological polar surface area (TPSA) is 52.9 Å². The Morgan fingerprint density at radius 3 is 2.39 bits per heavy atom. The molecule has 6 heteroatoms. The second kappa shape index (κ2) is 10.5. The van der Waals surface area contributed by atoms with Crippen LogP contribution < -0.4 is 19.8 Å².